The fraction of sp³-hybridized carbons (Fsp3) is 0.300. The number of terminal acetylenes is 1. The van der Waals surface area contributed by atoms with Gasteiger partial charge in [0, 0.05) is 12.1 Å². The van der Waals surface area contributed by atoms with E-state index in [1.54, 1.807) is 14.2 Å². The molecule has 0 aliphatic carbocycles. The van der Waals surface area contributed by atoms with Crippen LogP contribution in [0.25, 0.3) is 0 Å². The Morgan fingerprint density at radius 2 is 1.79 bits per heavy atom. The second kappa shape index (κ2) is 9.49. The van der Waals surface area contributed by atoms with Gasteiger partial charge in [0.1, 0.15) is 12.4 Å². The van der Waals surface area contributed by atoms with Crippen molar-refractivity contribution in [3.05, 3.63) is 53.6 Å². The van der Waals surface area contributed by atoms with Crippen LogP contribution in [0, 0.1) is 12.3 Å². The van der Waals surface area contributed by atoms with Crippen molar-refractivity contribution in [2.24, 2.45) is 0 Å². The third-order valence-electron chi connectivity index (χ3n) is 3.64. The van der Waals surface area contributed by atoms with E-state index in [-0.39, 0.29) is 6.61 Å². The Kier molecular flexibility index (Phi) is 7.00. The Morgan fingerprint density at radius 1 is 1.00 bits per heavy atom. The molecule has 24 heavy (non-hydrogen) atoms. The van der Waals surface area contributed by atoms with E-state index >= 15 is 0 Å². The lowest BCUT2D eigenvalue weighted by atomic mass is 10.1. The van der Waals surface area contributed by atoms with Crippen molar-refractivity contribution >= 4 is 0 Å². The number of nitrogens with one attached hydrogen (secondary N) is 1. The molecule has 2 aromatic carbocycles. The van der Waals surface area contributed by atoms with Crippen LogP contribution in [-0.4, -0.2) is 27.4 Å². The minimum absolute atomic E-state index is 0.280. The van der Waals surface area contributed by atoms with E-state index in [1.807, 2.05) is 42.5 Å². The summed E-state index contributed by atoms with van der Waals surface area (Å²) in [7, 11) is 3.28. The lowest BCUT2D eigenvalue weighted by Gasteiger charge is -2.12. The van der Waals surface area contributed by atoms with Crippen LogP contribution in [0.2, 0.25) is 0 Å². The van der Waals surface area contributed by atoms with Gasteiger partial charge in [0.15, 0.2) is 11.5 Å². The van der Waals surface area contributed by atoms with Crippen LogP contribution >= 0.6 is 0 Å². The van der Waals surface area contributed by atoms with Crippen molar-refractivity contribution in [3.8, 4) is 29.6 Å². The molecular weight excluding hydrogens is 302 g/mol. The molecule has 2 rings (SSSR count). The molecule has 0 bridgehead atoms. The second-order valence-corrected chi connectivity index (χ2v) is 5.22. The van der Waals surface area contributed by atoms with Crippen LogP contribution in [-0.2, 0) is 13.0 Å². The van der Waals surface area contributed by atoms with Crippen LogP contribution in [0.15, 0.2) is 42.5 Å². The summed E-state index contributed by atoms with van der Waals surface area (Å²) in [6, 6.07) is 13.9. The largest absolute Gasteiger partial charge is 0.493 e. The molecule has 126 valence electrons. The molecule has 0 amide bonds. The highest BCUT2D eigenvalue weighted by atomic mass is 16.5. The Labute approximate surface area is 143 Å². The fourth-order valence-corrected chi connectivity index (χ4v) is 2.40. The third kappa shape index (κ3) is 4.94. The van der Waals surface area contributed by atoms with E-state index in [2.05, 4.69) is 11.2 Å². The minimum atomic E-state index is 0.280. The molecule has 0 aromatic heterocycles. The Bertz CT molecular complexity index is 692. The van der Waals surface area contributed by atoms with Crippen molar-refractivity contribution in [1.82, 2.24) is 5.32 Å². The van der Waals surface area contributed by atoms with Crippen LogP contribution in [0.4, 0.5) is 0 Å². The monoisotopic (exact) mass is 325 g/mol. The average Bonchev–Trinajstić information content (AvgIpc) is 2.64. The van der Waals surface area contributed by atoms with Crippen LogP contribution < -0.4 is 19.5 Å². The maximum absolute atomic E-state index is 5.55. The predicted molar refractivity (Wildman–Crippen MR) is 95.7 cm³/mol. The van der Waals surface area contributed by atoms with Gasteiger partial charge in [0.2, 0.25) is 0 Å². The molecule has 0 aliphatic heterocycles. The van der Waals surface area contributed by atoms with Crippen LogP contribution in [0.5, 0.6) is 17.2 Å². The van der Waals surface area contributed by atoms with Gasteiger partial charge in [0.25, 0.3) is 0 Å². The maximum Gasteiger partial charge on any atom is 0.160 e. The molecule has 0 heterocycles. The first-order valence-corrected chi connectivity index (χ1v) is 7.84. The van der Waals surface area contributed by atoms with E-state index in [0.29, 0.717) is 0 Å². The fourth-order valence-electron chi connectivity index (χ4n) is 2.40. The van der Waals surface area contributed by atoms with Crippen molar-refractivity contribution in [2.75, 3.05) is 27.4 Å². The number of hydrogen-bond donors (Lipinski definition) is 1. The summed E-state index contributed by atoms with van der Waals surface area (Å²) >= 11 is 0. The van der Waals surface area contributed by atoms with Gasteiger partial charge in [-0.1, -0.05) is 30.2 Å². The highest BCUT2D eigenvalue weighted by Gasteiger charge is 2.05. The molecular formula is C20H23NO3. The van der Waals surface area contributed by atoms with Crippen molar-refractivity contribution in [3.63, 3.8) is 0 Å². The summed E-state index contributed by atoms with van der Waals surface area (Å²) in [5.41, 5.74) is 2.29. The minimum Gasteiger partial charge on any atom is -0.493 e. The highest BCUT2D eigenvalue weighted by Crippen LogP contribution is 2.27. The number of hydrogen-bond acceptors (Lipinski definition) is 4. The normalized spacial score (nSPS) is 10.0. The van der Waals surface area contributed by atoms with Gasteiger partial charge in [0.05, 0.1) is 14.2 Å². The summed E-state index contributed by atoms with van der Waals surface area (Å²) in [4.78, 5) is 0. The topological polar surface area (TPSA) is 39.7 Å². The number of ether oxygens (including phenoxy) is 3. The van der Waals surface area contributed by atoms with Crippen molar-refractivity contribution in [2.45, 2.75) is 13.0 Å². The number of methoxy groups -OCH3 is 2. The molecule has 4 heteroatoms. The van der Waals surface area contributed by atoms with Gasteiger partial charge in [-0.15, -0.1) is 6.42 Å². The number of benzene rings is 2. The molecule has 2 aromatic rings. The van der Waals surface area contributed by atoms with E-state index in [4.69, 9.17) is 20.6 Å². The SMILES string of the molecule is C#CCOc1ccccc1CNCCc1ccc(OC)c(OC)c1. The molecule has 0 aliphatic rings. The van der Waals surface area contributed by atoms with Gasteiger partial charge in [-0.25, -0.2) is 0 Å². The van der Waals surface area contributed by atoms with Gasteiger partial charge in [-0.2, -0.15) is 0 Å². The van der Waals surface area contributed by atoms with Crippen molar-refractivity contribution < 1.29 is 14.2 Å². The zero-order valence-corrected chi connectivity index (χ0v) is 14.2. The van der Waals surface area contributed by atoms with E-state index in [1.165, 1.54) is 5.56 Å². The van der Waals surface area contributed by atoms with Gasteiger partial charge in [-0.3, -0.25) is 0 Å². The second-order valence-electron chi connectivity index (χ2n) is 5.22. The van der Waals surface area contributed by atoms with Gasteiger partial charge in [-0.05, 0) is 36.7 Å². The standard InChI is InChI=1S/C20H23NO3/c1-4-13-24-18-8-6-5-7-17(18)15-21-12-11-16-9-10-19(22-2)20(14-16)23-3/h1,5-10,14,21H,11-13,15H2,2-3H3. The third-order valence-corrected chi connectivity index (χ3v) is 3.64. The summed E-state index contributed by atoms with van der Waals surface area (Å²) in [5, 5.41) is 3.43. The molecule has 1 N–H and O–H groups in total. The lowest BCUT2D eigenvalue weighted by molar-refractivity contribution is 0.354. The predicted octanol–water partition coefficient (Wildman–Crippen LogP) is 3.05. The molecule has 0 radical (unpaired) electrons. The molecule has 4 nitrogen and oxygen atoms in total. The van der Waals surface area contributed by atoms with Crippen LogP contribution in [0.1, 0.15) is 11.1 Å². The van der Waals surface area contributed by atoms with E-state index in [9.17, 15) is 0 Å². The summed E-state index contributed by atoms with van der Waals surface area (Å²) < 4.78 is 16.1. The molecule has 0 saturated heterocycles. The van der Waals surface area contributed by atoms with Gasteiger partial charge >= 0.3 is 0 Å². The number of para-hydroxylation sites is 1. The smallest absolute Gasteiger partial charge is 0.160 e. The molecule has 0 unspecified atom stereocenters. The van der Waals surface area contributed by atoms with E-state index < -0.39 is 0 Å². The average molecular weight is 325 g/mol. The van der Waals surface area contributed by atoms with Gasteiger partial charge < -0.3 is 19.5 Å². The Hall–Kier alpha value is -2.64. The zero-order valence-electron chi connectivity index (χ0n) is 14.2. The highest BCUT2D eigenvalue weighted by molar-refractivity contribution is 5.43. The first-order valence-electron chi connectivity index (χ1n) is 7.84. The van der Waals surface area contributed by atoms with E-state index in [0.717, 1.165) is 42.3 Å². The number of rotatable bonds is 9. The first-order chi connectivity index (χ1) is 11.8. The lowest BCUT2D eigenvalue weighted by Crippen LogP contribution is -2.17. The Morgan fingerprint density at radius 3 is 2.54 bits per heavy atom. The maximum atomic E-state index is 5.55. The quantitative estimate of drug-likeness (QED) is 0.568. The summed E-state index contributed by atoms with van der Waals surface area (Å²) in [6.45, 7) is 1.86. The molecule has 0 atom stereocenters. The molecule has 0 fully saturated rings. The summed E-state index contributed by atoms with van der Waals surface area (Å²) in [6.07, 6.45) is 6.14. The Balaban J connectivity index is 1.86. The molecule has 0 saturated carbocycles. The zero-order chi connectivity index (χ0) is 17.2. The molecule has 0 spiro atoms. The summed E-state index contributed by atoms with van der Waals surface area (Å²) in [5.74, 6) is 4.81. The van der Waals surface area contributed by atoms with Crippen LogP contribution in [0.3, 0.4) is 0 Å². The van der Waals surface area contributed by atoms with Crippen molar-refractivity contribution in [1.29, 1.82) is 0 Å². The first kappa shape index (κ1) is 17.7.